The molecule has 5 nitrogen and oxygen atoms in total. The Morgan fingerprint density at radius 2 is 1.95 bits per heavy atom. The largest absolute Gasteiger partial charge is 0.366 e. The minimum Gasteiger partial charge on any atom is -0.366 e. The maximum atomic E-state index is 12.5. The van der Waals surface area contributed by atoms with Crippen LogP contribution in [0, 0.1) is 0 Å². The van der Waals surface area contributed by atoms with Gasteiger partial charge in [-0.25, -0.2) is 8.42 Å². The molecule has 1 aromatic carbocycles. The smallest absolute Gasteiger partial charge is 0.243 e. The van der Waals surface area contributed by atoms with Crippen molar-refractivity contribution >= 4 is 43.3 Å². The van der Waals surface area contributed by atoms with Gasteiger partial charge in [-0.05, 0) is 30.4 Å². The second-order valence-electron chi connectivity index (χ2n) is 4.40. The Hall–Kier alpha value is -0.700. The van der Waals surface area contributed by atoms with Crippen molar-refractivity contribution in [3.05, 3.63) is 28.7 Å². The number of sulfonamides is 1. The van der Waals surface area contributed by atoms with E-state index in [4.69, 9.17) is 12.2 Å². The number of thiocarbonyl (C=S) groups is 1. The Kier molecular flexibility index (Phi) is 5.00. The van der Waals surface area contributed by atoms with Gasteiger partial charge in [0, 0.05) is 37.7 Å². The zero-order valence-electron chi connectivity index (χ0n) is 11.0. The molecule has 0 spiro atoms. The highest BCUT2D eigenvalue weighted by atomic mass is 79.9. The monoisotopic (exact) mass is 377 g/mol. The molecule has 110 valence electrons. The van der Waals surface area contributed by atoms with Gasteiger partial charge in [0.2, 0.25) is 10.0 Å². The van der Waals surface area contributed by atoms with Crippen molar-refractivity contribution in [1.82, 2.24) is 14.5 Å². The maximum Gasteiger partial charge on any atom is 0.243 e. The van der Waals surface area contributed by atoms with Gasteiger partial charge in [-0.2, -0.15) is 4.31 Å². The first-order chi connectivity index (χ1) is 9.45. The second kappa shape index (κ2) is 6.38. The summed E-state index contributed by atoms with van der Waals surface area (Å²) in [6, 6.07) is 6.77. The van der Waals surface area contributed by atoms with Crippen LogP contribution in [0.2, 0.25) is 0 Å². The van der Waals surface area contributed by atoms with Gasteiger partial charge in [0.1, 0.15) is 0 Å². The molecule has 1 heterocycles. The summed E-state index contributed by atoms with van der Waals surface area (Å²) in [7, 11) is -1.66. The molecule has 1 N–H and O–H groups in total. The number of nitrogens with one attached hydrogen (secondary N) is 1. The van der Waals surface area contributed by atoms with Gasteiger partial charge in [0.05, 0.1) is 4.90 Å². The Morgan fingerprint density at radius 3 is 2.50 bits per heavy atom. The minimum atomic E-state index is -3.43. The Labute approximate surface area is 133 Å². The highest BCUT2D eigenvalue weighted by Crippen LogP contribution is 2.21. The molecule has 0 unspecified atom stereocenters. The van der Waals surface area contributed by atoms with Crippen molar-refractivity contribution in [1.29, 1.82) is 0 Å². The van der Waals surface area contributed by atoms with E-state index in [1.807, 2.05) is 11.0 Å². The molecule has 1 fully saturated rings. The number of rotatable bonds is 2. The van der Waals surface area contributed by atoms with Gasteiger partial charge in [-0.3, -0.25) is 0 Å². The third kappa shape index (κ3) is 3.30. The zero-order chi connectivity index (χ0) is 14.8. The summed E-state index contributed by atoms with van der Waals surface area (Å²) in [5, 5.41) is 3.57. The molecular weight excluding hydrogens is 362 g/mol. The summed E-state index contributed by atoms with van der Waals surface area (Å²) in [4.78, 5) is 2.29. The summed E-state index contributed by atoms with van der Waals surface area (Å²) in [5.74, 6) is 0. The first kappa shape index (κ1) is 15.7. The standard InChI is InChI=1S/C12H16BrN3O2S2/c1-14-12(19)15-5-7-16(8-6-15)20(17,18)11-4-2-3-10(13)9-11/h2-4,9H,5-8H2,1H3,(H,14,19). The number of benzene rings is 1. The molecule has 0 radical (unpaired) electrons. The molecule has 1 aliphatic rings. The predicted octanol–water partition coefficient (Wildman–Crippen LogP) is 1.26. The topological polar surface area (TPSA) is 52.6 Å². The van der Waals surface area contributed by atoms with Gasteiger partial charge in [-0.1, -0.05) is 22.0 Å². The van der Waals surface area contributed by atoms with Gasteiger partial charge in [0.25, 0.3) is 0 Å². The normalized spacial score (nSPS) is 17.0. The van der Waals surface area contributed by atoms with E-state index in [1.165, 1.54) is 4.31 Å². The molecule has 20 heavy (non-hydrogen) atoms. The van der Waals surface area contributed by atoms with E-state index >= 15 is 0 Å². The zero-order valence-corrected chi connectivity index (χ0v) is 14.3. The van der Waals surface area contributed by atoms with Crippen LogP contribution in [0.4, 0.5) is 0 Å². The fraction of sp³-hybridized carbons (Fsp3) is 0.417. The van der Waals surface area contributed by atoms with Crippen molar-refractivity contribution in [2.75, 3.05) is 33.2 Å². The summed E-state index contributed by atoms with van der Waals surface area (Å²) in [5.41, 5.74) is 0. The van der Waals surface area contributed by atoms with Crippen LogP contribution in [0.25, 0.3) is 0 Å². The lowest BCUT2D eigenvalue weighted by Gasteiger charge is -2.35. The van der Waals surface area contributed by atoms with Gasteiger partial charge in [0.15, 0.2) is 5.11 Å². The van der Waals surface area contributed by atoms with Gasteiger partial charge < -0.3 is 10.2 Å². The van der Waals surface area contributed by atoms with E-state index in [0.29, 0.717) is 36.2 Å². The third-order valence-electron chi connectivity index (χ3n) is 3.17. The van der Waals surface area contributed by atoms with Crippen LogP contribution in [0.3, 0.4) is 0 Å². The molecule has 8 heteroatoms. The summed E-state index contributed by atoms with van der Waals surface area (Å²) in [6.07, 6.45) is 0. The van der Waals surface area contributed by atoms with Crippen LogP contribution in [0.15, 0.2) is 33.6 Å². The van der Waals surface area contributed by atoms with E-state index in [-0.39, 0.29) is 0 Å². The molecule has 2 rings (SSSR count). The summed E-state index contributed by atoms with van der Waals surface area (Å²) >= 11 is 8.46. The van der Waals surface area contributed by atoms with E-state index in [9.17, 15) is 8.42 Å². The Morgan fingerprint density at radius 1 is 1.30 bits per heavy atom. The minimum absolute atomic E-state index is 0.316. The van der Waals surface area contributed by atoms with Gasteiger partial charge >= 0.3 is 0 Å². The molecule has 0 bridgehead atoms. The SMILES string of the molecule is CNC(=S)N1CCN(S(=O)(=O)c2cccc(Br)c2)CC1. The third-order valence-corrected chi connectivity index (χ3v) is 6.02. The lowest BCUT2D eigenvalue weighted by atomic mass is 10.4. The van der Waals surface area contributed by atoms with Crippen LogP contribution >= 0.6 is 28.1 Å². The number of hydrogen-bond donors (Lipinski definition) is 1. The second-order valence-corrected chi connectivity index (χ2v) is 7.64. The van der Waals surface area contributed by atoms with E-state index < -0.39 is 10.0 Å². The molecular formula is C12H16BrN3O2S2. The van der Waals surface area contributed by atoms with Crippen LogP contribution in [0.1, 0.15) is 0 Å². The quantitative estimate of drug-likeness (QED) is 0.786. The van der Waals surface area contributed by atoms with Crippen LogP contribution in [-0.2, 0) is 10.0 Å². The lowest BCUT2D eigenvalue weighted by Crippen LogP contribution is -2.52. The van der Waals surface area contributed by atoms with Crippen molar-refractivity contribution < 1.29 is 8.42 Å². The molecule has 1 aliphatic heterocycles. The Bertz CT molecular complexity index is 598. The lowest BCUT2D eigenvalue weighted by molar-refractivity contribution is 0.265. The molecule has 0 saturated carbocycles. The van der Waals surface area contributed by atoms with Crippen LogP contribution in [-0.4, -0.2) is 56.0 Å². The average molecular weight is 378 g/mol. The first-order valence-electron chi connectivity index (χ1n) is 6.17. The maximum absolute atomic E-state index is 12.5. The molecule has 0 amide bonds. The first-order valence-corrected chi connectivity index (χ1v) is 8.81. The van der Waals surface area contributed by atoms with E-state index in [0.717, 1.165) is 4.47 Å². The average Bonchev–Trinajstić information content (AvgIpc) is 2.46. The number of hydrogen-bond acceptors (Lipinski definition) is 3. The highest BCUT2D eigenvalue weighted by molar-refractivity contribution is 9.10. The molecule has 0 aromatic heterocycles. The van der Waals surface area contributed by atoms with Crippen molar-refractivity contribution in [2.45, 2.75) is 4.90 Å². The predicted molar refractivity (Wildman–Crippen MR) is 86.1 cm³/mol. The fourth-order valence-corrected chi connectivity index (χ4v) is 4.27. The van der Waals surface area contributed by atoms with E-state index in [1.54, 1.807) is 25.2 Å². The number of piperazine rings is 1. The fourth-order valence-electron chi connectivity index (χ4n) is 2.07. The molecule has 1 saturated heterocycles. The van der Waals surface area contributed by atoms with Gasteiger partial charge in [-0.15, -0.1) is 0 Å². The highest BCUT2D eigenvalue weighted by Gasteiger charge is 2.29. The molecule has 0 aliphatic carbocycles. The Balaban J connectivity index is 2.11. The summed E-state index contributed by atoms with van der Waals surface area (Å²) in [6.45, 7) is 2.09. The molecule has 0 atom stereocenters. The molecule has 1 aromatic rings. The van der Waals surface area contributed by atoms with Crippen molar-refractivity contribution in [3.8, 4) is 0 Å². The van der Waals surface area contributed by atoms with Crippen LogP contribution < -0.4 is 5.32 Å². The number of halogens is 1. The van der Waals surface area contributed by atoms with Crippen molar-refractivity contribution in [2.24, 2.45) is 0 Å². The number of nitrogens with zero attached hydrogens (tertiary/aromatic N) is 2. The van der Waals surface area contributed by atoms with E-state index in [2.05, 4.69) is 21.2 Å². The van der Waals surface area contributed by atoms with Crippen molar-refractivity contribution in [3.63, 3.8) is 0 Å². The summed E-state index contributed by atoms with van der Waals surface area (Å²) < 4.78 is 27.3. The van der Waals surface area contributed by atoms with Crippen LogP contribution in [0.5, 0.6) is 0 Å².